The van der Waals surface area contributed by atoms with E-state index in [1.807, 2.05) is 24.3 Å². The highest BCUT2D eigenvalue weighted by Gasteiger charge is 2.21. The minimum atomic E-state index is 0.119. The topological polar surface area (TPSA) is 68.0 Å². The molecule has 1 saturated carbocycles. The Morgan fingerprint density at radius 2 is 2.05 bits per heavy atom. The molecule has 0 atom stereocenters. The lowest BCUT2D eigenvalue weighted by molar-refractivity contribution is -0.120. The average molecular weight is 285 g/mol. The van der Waals surface area contributed by atoms with Crippen molar-refractivity contribution in [2.24, 2.45) is 5.92 Å². The summed E-state index contributed by atoms with van der Waals surface area (Å²) in [5.41, 5.74) is 1.59. The molecular weight excluding hydrogens is 266 g/mol. The SMILES string of the molecule is Cc1nnc(-c2cccc(NC(=O)C3CCCCC3)c2)o1. The quantitative estimate of drug-likeness (QED) is 0.936. The number of aryl methyl sites for hydroxylation is 1. The maximum absolute atomic E-state index is 12.3. The third-order valence-corrected chi connectivity index (χ3v) is 3.88. The predicted molar refractivity (Wildman–Crippen MR) is 79.7 cm³/mol. The molecule has 5 heteroatoms. The summed E-state index contributed by atoms with van der Waals surface area (Å²) in [5.74, 6) is 1.27. The van der Waals surface area contributed by atoms with Crippen molar-refractivity contribution in [1.82, 2.24) is 10.2 Å². The molecule has 5 nitrogen and oxygen atoms in total. The first kappa shape index (κ1) is 13.8. The van der Waals surface area contributed by atoms with E-state index in [0.29, 0.717) is 11.8 Å². The molecule has 1 aromatic carbocycles. The van der Waals surface area contributed by atoms with E-state index in [0.717, 1.165) is 36.9 Å². The molecule has 0 radical (unpaired) electrons. The number of carbonyl (C=O) groups excluding carboxylic acids is 1. The molecule has 1 aliphatic carbocycles. The van der Waals surface area contributed by atoms with E-state index in [-0.39, 0.29) is 11.8 Å². The molecule has 0 aliphatic heterocycles. The van der Waals surface area contributed by atoms with Crippen molar-refractivity contribution in [3.63, 3.8) is 0 Å². The van der Waals surface area contributed by atoms with Crippen molar-refractivity contribution in [2.45, 2.75) is 39.0 Å². The minimum absolute atomic E-state index is 0.119. The molecular formula is C16H19N3O2. The molecule has 0 unspecified atom stereocenters. The summed E-state index contributed by atoms with van der Waals surface area (Å²) in [6.07, 6.45) is 5.54. The van der Waals surface area contributed by atoms with E-state index in [4.69, 9.17) is 4.42 Å². The average Bonchev–Trinajstić information content (AvgIpc) is 2.95. The molecule has 1 aliphatic rings. The monoisotopic (exact) mass is 285 g/mol. The van der Waals surface area contributed by atoms with Gasteiger partial charge in [0.15, 0.2) is 0 Å². The fraction of sp³-hybridized carbons (Fsp3) is 0.438. The summed E-state index contributed by atoms with van der Waals surface area (Å²) in [6.45, 7) is 1.76. The second kappa shape index (κ2) is 6.08. The molecule has 2 aromatic rings. The number of nitrogens with zero attached hydrogens (tertiary/aromatic N) is 2. The van der Waals surface area contributed by atoms with Crippen molar-refractivity contribution in [3.05, 3.63) is 30.2 Å². The van der Waals surface area contributed by atoms with Crippen molar-refractivity contribution >= 4 is 11.6 Å². The molecule has 110 valence electrons. The van der Waals surface area contributed by atoms with Gasteiger partial charge in [0.05, 0.1) is 0 Å². The maximum atomic E-state index is 12.3. The summed E-state index contributed by atoms with van der Waals surface area (Å²) in [7, 11) is 0. The van der Waals surface area contributed by atoms with Gasteiger partial charge in [-0.05, 0) is 31.0 Å². The van der Waals surface area contributed by atoms with Gasteiger partial charge >= 0.3 is 0 Å². The van der Waals surface area contributed by atoms with Crippen LogP contribution in [0.2, 0.25) is 0 Å². The van der Waals surface area contributed by atoms with Crippen molar-refractivity contribution in [2.75, 3.05) is 5.32 Å². The molecule has 21 heavy (non-hydrogen) atoms. The number of hydrogen-bond donors (Lipinski definition) is 1. The zero-order valence-corrected chi connectivity index (χ0v) is 12.1. The van der Waals surface area contributed by atoms with Crippen LogP contribution in [0.3, 0.4) is 0 Å². The van der Waals surface area contributed by atoms with Crippen LogP contribution in [0.1, 0.15) is 38.0 Å². The van der Waals surface area contributed by atoms with Crippen molar-refractivity contribution in [3.8, 4) is 11.5 Å². The summed E-state index contributed by atoms with van der Waals surface area (Å²) in [6, 6.07) is 7.52. The minimum Gasteiger partial charge on any atom is -0.421 e. The molecule has 1 heterocycles. The second-order valence-electron chi connectivity index (χ2n) is 5.53. The van der Waals surface area contributed by atoms with Crippen LogP contribution in [-0.2, 0) is 4.79 Å². The number of amides is 1. The fourth-order valence-electron chi connectivity index (χ4n) is 2.75. The number of anilines is 1. The van der Waals surface area contributed by atoms with Crippen LogP contribution in [0.25, 0.3) is 11.5 Å². The third kappa shape index (κ3) is 3.29. The molecule has 0 saturated heterocycles. The summed E-state index contributed by atoms with van der Waals surface area (Å²) < 4.78 is 5.41. The molecule has 0 bridgehead atoms. The maximum Gasteiger partial charge on any atom is 0.247 e. The van der Waals surface area contributed by atoms with Gasteiger partial charge in [0.1, 0.15) is 0 Å². The van der Waals surface area contributed by atoms with Crippen LogP contribution in [0.5, 0.6) is 0 Å². The highest BCUT2D eigenvalue weighted by atomic mass is 16.4. The summed E-state index contributed by atoms with van der Waals surface area (Å²) in [5, 5.41) is 10.8. The lowest BCUT2D eigenvalue weighted by atomic mass is 9.88. The van der Waals surface area contributed by atoms with Crippen LogP contribution in [0.4, 0.5) is 5.69 Å². The van der Waals surface area contributed by atoms with Crippen LogP contribution >= 0.6 is 0 Å². The number of nitrogens with one attached hydrogen (secondary N) is 1. The van der Waals surface area contributed by atoms with Gasteiger partial charge in [0, 0.05) is 24.1 Å². The van der Waals surface area contributed by atoms with Crippen LogP contribution in [0.15, 0.2) is 28.7 Å². The largest absolute Gasteiger partial charge is 0.421 e. The van der Waals surface area contributed by atoms with Gasteiger partial charge in [-0.1, -0.05) is 25.3 Å². The Kier molecular flexibility index (Phi) is 3.99. The van der Waals surface area contributed by atoms with Gasteiger partial charge in [0.2, 0.25) is 17.7 Å². The Morgan fingerprint density at radius 3 is 2.76 bits per heavy atom. The number of carbonyl (C=O) groups is 1. The van der Waals surface area contributed by atoms with Gasteiger partial charge in [-0.15, -0.1) is 10.2 Å². The molecule has 3 rings (SSSR count). The Bertz CT molecular complexity index is 630. The predicted octanol–water partition coefficient (Wildman–Crippen LogP) is 3.56. The second-order valence-corrected chi connectivity index (χ2v) is 5.53. The first-order valence-electron chi connectivity index (χ1n) is 7.44. The van der Waals surface area contributed by atoms with E-state index in [9.17, 15) is 4.79 Å². The Balaban J connectivity index is 1.72. The highest BCUT2D eigenvalue weighted by Crippen LogP contribution is 2.26. The molecule has 1 fully saturated rings. The van der Waals surface area contributed by atoms with E-state index in [1.165, 1.54) is 6.42 Å². The van der Waals surface area contributed by atoms with Crippen molar-refractivity contribution < 1.29 is 9.21 Å². The summed E-state index contributed by atoms with van der Waals surface area (Å²) in [4.78, 5) is 12.3. The summed E-state index contributed by atoms with van der Waals surface area (Å²) >= 11 is 0. The Morgan fingerprint density at radius 1 is 1.24 bits per heavy atom. The van der Waals surface area contributed by atoms with Crippen LogP contribution in [0, 0.1) is 12.8 Å². The van der Waals surface area contributed by atoms with Crippen molar-refractivity contribution in [1.29, 1.82) is 0 Å². The standard InChI is InChI=1S/C16H19N3O2/c1-11-18-19-16(21-11)13-8-5-9-14(10-13)17-15(20)12-6-3-2-4-7-12/h5,8-10,12H,2-4,6-7H2,1H3,(H,17,20). The molecule has 1 N–H and O–H groups in total. The molecule has 0 spiro atoms. The number of benzene rings is 1. The fourth-order valence-corrected chi connectivity index (χ4v) is 2.75. The normalized spacial score (nSPS) is 15.9. The zero-order valence-electron chi connectivity index (χ0n) is 12.1. The number of aromatic nitrogens is 2. The molecule has 1 amide bonds. The number of hydrogen-bond acceptors (Lipinski definition) is 4. The van der Waals surface area contributed by atoms with Gasteiger partial charge < -0.3 is 9.73 Å². The smallest absolute Gasteiger partial charge is 0.247 e. The van der Waals surface area contributed by atoms with Gasteiger partial charge in [-0.25, -0.2) is 0 Å². The lowest BCUT2D eigenvalue weighted by Gasteiger charge is -2.20. The van der Waals surface area contributed by atoms with Gasteiger partial charge in [-0.3, -0.25) is 4.79 Å². The number of rotatable bonds is 3. The Hall–Kier alpha value is -2.17. The Labute approximate surface area is 123 Å². The van der Waals surface area contributed by atoms with E-state index in [1.54, 1.807) is 6.92 Å². The van der Waals surface area contributed by atoms with Gasteiger partial charge in [-0.2, -0.15) is 0 Å². The van der Waals surface area contributed by atoms with E-state index < -0.39 is 0 Å². The van der Waals surface area contributed by atoms with E-state index >= 15 is 0 Å². The van der Waals surface area contributed by atoms with Crippen LogP contribution in [-0.4, -0.2) is 16.1 Å². The first-order valence-corrected chi connectivity index (χ1v) is 7.44. The first-order chi connectivity index (χ1) is 10.2. The zero-order chi connectivity index (χ0) is 14.7. The van der Waals surface area contributed by atoms with E-state index in [2.05, 4.69) is 15.5 Å². The highest BCUT2D eigenvalue weighted by molar-refractivity contribution is 5.93. The van der Waals surface area contributed by atoms with Gasteiger partial charge in [0.25, 0.3) is 0 Å². The lowest BCUT2D eigenvalue weighted by Crippen LogP contribution is -2.24. The van der Waals surface area contributed by atoms with Crippen LogP contribution < -0.4 is 5.32 Å². The third-order valence-electron chi connectivity index (χ3n) is 3.88. The molecule has 1 aromatic heterocycles.